The summed E-state index contributed by atoms with van der Waals surface area (Å²) in [6, 6.07) is 1.08. The molecule has 0 saturated heterocycles. The summed E-state index contributed by atoms with van der Waals surface area (Å²) in [5.41, 5.74) is -0.838. The first-order valence-electron chi connectivity index (χ1n) is 3.88. The number of nitrogens with zero attached hydrogens (tertiary/aromatic N) is 1. The van der Waals surface area contributed by atoms with E-state index in [4.69, 9.17) is 5.11 Å². The third-order valence-corrected chi connectivity index (χ3v) is 1.62. The molecule has 0 spiro atoms. The molecule has 0 aliphatic rings. The van der Waals surface area contributed by atoms with E-state index in [1.54, 1.807) is 0 Å². The van der Waals surface area contributed by atoms with Gasteiger partial charge in [0.05, 0.1) is 5.54 Å². The van der Waals surface area contributed by atoms with Crippen molar-refractivity contribution in [3.05, 3.63) is 22.1 Å². The summed E-state index contributed by atoms with van der Waals surface area (Å²) in [6.45, 7) is 5.45. The number of carboxylic acid groups (broad SMARTS) is 1. The van der Waals surface area contributed by atoms with E-state index < -0.39 is 11.5 Å². The topological polar surface area (TPSA) is 75.1 Å². The number of aromatic carboxylic acids is 1. The van der Waals surface area contributed by atoms with Crippen molar-refractivity contribution in [3.63, 3.8) is 0 Å². The van der Waals surface area contributed by atoms with Crippen LogP contribution in [0.1, 0.15) is 31.3 Å². The average Bonchev–Trinajstić information content (AvgIpc) is 2.29. The molecule has 72 valence electrons. The van der Waals surface area contributed by atoms with Crippen LogP contribution in [-0.4, -0.2) is 20.9 Å². The molecule has 0 radical (unpaired) electrons. The molecule has 0 aromatic carbocycles. The summed E-state index contributed by atoms with van der Waals surface area (Å²) >= 11 is 0. The van der Waals surface area contributed by atoms with Crippen LogP contribution in [0, 0.1) is 0 Å². The molecule has 0 saturated carbocycles. The Kier molecular flexibility index (Phi) is 2.03. The van der Waals surface area contributed by atoms with E-state index in [-0.39, 0.29) is 11.3 Å². The SMILES string of the molecule is CC(C)(C)n1[nH]c(C(=O)O)cc1=O. The number of hydrogen-bond donors (Lipinski definition) is 2. The van der Waals surface area contributed by atoms with Gasteiger partial charge in [0.2, 0.25) is 0 Å². The molecule has 0 unspecified atom stereocenters. The molecule has 0 fully saturated rings. The maximum Gasteiger partial charge on any atom is 0.353 e. The van der Waals surface area contributed by atoms with Crippen molar-refractivity contribution in [3.8, 4) is 0 Å². The van der Waals surface area contributed by atoms with Crippen LogP contribution in [0.5, 0.6) is 0 Å². The zero-order chi connectivity index (χ0) is 10.2. The third-order valence-electron chi connectivity index (χ3n) is 1.62. The molecule has 0 atom stereocenters. The van der Waals surface area contributed by atoms with Gasteiger partial charge in [-0.2, -0.15) is 0 Å². The minimum atomic E-state index is -1.12. The highest BCUT2D eigenvalue weighted by Crippen LogP contribution is 2.09. The number of aromatic nitrogens is 2. The Hall–Kier alpha value is -1.52. The van der Waals surface area contributed by atoms with Crippen LogP contribution in [0.25, 0.3) is 0 Å². The maximum atomic E-state index is 11.3. The van der Waals surface area contributed by atoms with E-state index in [0.29, 0.717) is 0 Å². The fraction of sp³-hybridized carbons (Fsp3) is 0.500. The molecule has 1 heterocycles. The zero-order valence-corrected chi connectivity index (χ0v) is 7.79. The quantitative estimate of drug-likeness (QED) is 0.672. The first kappa shape index (κ1) is 9.57. The van der Waals surface area contributed by atoms with Gasteiger partial charge in [0, 0.05) is 6.07 Å². The molecule has 1 aromatic rings. The molecule has 0 aliphatic heterocycles. The highest BCUT2D eigenvalue weighted by Gasteiger charge is 2.18. The van der Waals surface area contributed by atoms with E-state index in [0.717, 1.165) is 6.07 Å². The van der Waals surface area contributed by atoms with Crippen LogP contribution in [-0.2, 0) is 5.54 Å². The van der Waals surface area contributed by atoms with Crippen LogP contribution in [0.15, 0.2) is 10.9 Å². The zero-order valence-electron chi connectivity index (χ0n) is 7.79. The van der Waals surface area contributed by atoms with Crippen LogP contribution < -0.4 is 5.56 Å². The van der Waals surface area contributed by atoms with E-state index in [9.17, 15) is 9.59 Å². The summed E-state index contributed by atoms with van der Waals surface area (Å²) < 4.78 is 1.29. The standard InChI is InChI=1S/C8H12N2O3/c1-8(2,3)10-6(11)4-5(9-10)7(12)13/h4,9H,1-3H3,(H,12,13). The normalized spacial score (nSPS) is 11.6. The second-order valence-electron chi connectivity index (χ2n) is 3.82. The van der Waals surface area contributed by atoms with Gasteiger partial charge in [0.25, 0.3) is 5.56 Å². The van der Waals surface area contributed by atoms with Crippen molar-refractivity contribution < 1.29 is 9.90 Å². The Morgan fingerprint density at radius 3 is 2.31 bits per heavy atom. The van der Waals surface area contributed by atoms with Gasteiger partial charge in [-0.15, -0.1) is 0 Å². The van der Waals surface area contributed by atoms with Gasteiger partial charge in [0.15, 0.2) is 0 Å². The van der Waals surface area contributed by atoms with Gasteiger partial charge in [-0.1, -0.05) is 0 Å². The molecule has 1 aromatic heterocycles. The minimum Gasteiger partial charge on any atom is -0.477 e. The van der Waals surface area contributed by atoms with Crippen molar-refractivity contribution in [1.29, 1.82) is 0 Å². The highest BCUT2D eigenvalue weighted by atomic mass is 16.4. The molecule has 13 heavy (non-hydrogen) atoms. The highest BCUT2D eigenvalue weighted by molar-refractivity contribution is 5.85. The van der Waals surface area contributed by atoms with Gasteiger partial charge in [-0.25, -0.2) is 9.48 Å². The Bertz CT molecular complexity index is 381. The van der Waals surface area contributed by atoms with Gasteiger partial charge in [-0.3, -0.25) is 9.89 Å². The second-order valence-corrected chi connectivity index (χ2v) is 3.82. The molecule has 0 aliphatic carbocycles. The van der Waals surface area contributed by atoms with Crippen LogP contribution in [0.3, 0.4) is 0 Å². The molecule has 5 nitrogen and oxygen atoms in total. The summed E-state index contributed by atoms with van der Waals surface area (Å²) in [6.07, 6.45) is 0. The summed E-state index contributed by atoms with van der Waals surface area (Å²) in [5, 5.41) is 11.1. The number of carboxylic acids is 1. The number of nitrogens with one attached hydrogen (secondary N) is 1. The predicted octanol–water partition coefficient (Wildman–Crippen LogP) is 0.630. The lowest BCUT2D eigenvalue weighted by atomic mass is 10.1. The first-order valence-corrected chi connectivity index (χ1v) is 3.88. The lowest BCUT2D eigenvalue weighted by molar-refractivity contribution is 0.0688. The number of aromatic amines is 1. The Morgan fingerprint density at radius 2 is 2.08 bits per heavy atom. The van der Waals surface area contributed by atoms with Crippen molar-refractivity contribution in [2.45, 2.75) is 26.3 Å². The van der Waals surface area contributed by atoms with E-state index in [2.05, 4.69) is 5.10 Å². The number of rotatable bonds is 1. The molecule has 0 bridgehead atoms. The Morgan fingerprint density at radius 1 is 1.54 bits per heavy atom. The van der Waals surface area contributed by atoms with E-state index in [1.165, 1.54) is 4.68 Å². The Labute approximate surface area is 75.0 Å². The lowest BCUT2D eigenvalue weighted by Gasteiger charge is -2.18. The van der Waals surface area contributed by atoms with Gasteiger partial charge in [0.1, 0.15) is 5.69 Å². The van der Waals surface area contributed by atoms with E-state index in [1.807, 2.05) is 20.8 Å². The largest absolute Gasteiger partial charge is 0.477 e. The monoisotopic (exact) mass is 184 g/mol. The van der Waals surface area contributed by atoms with Gasteiger partial charge < -0.3 is 5.11 Å². The summed E-state index contributed by atoms with van der Waals surface area (Å²) in [4.78, 5) is 21.8. The first-order chi connectivity index (χ1) is 5.82. The number of carbonyl (C=O) groups is 1. The summed E-state index contributed by atoms with van der Waals surface area (Å²) in [7, 11) is 0. The van der Waals surface area contributed by atoms with Crippen LogP contribution in [0.4, 0.5) is 0 Å². The minimum absolute atomic E-state index is 0.0834. The van der Waals surface area contributed by atoms with Crippen LogP contribution >= 0.6 is 0 Å². The van der Waals surface area contributed by atoms with Crippen molar-refractivity contribution in [2.75, 3.05) is 0 Å². The third kappa shape index (κ3) is 1.80. The number of H-pyrrole nitrogens is 1. The number of hydrogen-bond acceptors (Lipinski definition) is 2. The lowest BCUT2D eigenvalue weighted by Crippen LogP contribution is -2.32. The molecular formula is C8H12N2O3. The fourth-order valence-electron chi connectivity index (χ4n) is 1.00. The molecule has 0 amide bonds. The van der Waals surface area contributed by atoms with Gasteiger partial charge in [-0.05, 0) is 20.8 Å². The predicted molar refractivity (Wildman–Crippen MR) is 47.0 cm³/mol. The van der Waals surface area contributed by atoms with E-state index >= 15 is 0 Å². The maximum absolute atomic E-state index is 11.3. The molecular weight excluding hydrogens is 172 g/mol. The fourth-order valence-corrected chi connectivity index (χ4v) is 1.00. The second kappa shape index (κ2) is 2.76. The molecule has 5 heteroatoms. The smallest absolute Gasteiger partial charge is 0.353 e. The molecule has 2 N–H and O–H groups in total. The molecule has 1 rings (SSSR count). The van der Waals surface area contributed by atoms with Crippen LogP contribution in [0.2, 0.25) is 0 Å². The average molecular weight is 184 g/mol. The van der Waals surface area contributed by atoms with Gasteiger partial charge >= 0.3 is 5.97 Å². The summed E-state index contributed by atoms with van der Waals surface area (Å²) in [5.74, 6) is -1.12. The van der Waals surface area contributed by atoms with Crippen molar-refractivity contribution >= 4 is 5.97 Å². The Balaban J connectivity index is 3.27. The van der Waals surface area contributed by atoms with Crippen molar-refractivity contribution in [1.82, 2.24) is 9.78 Å². The van der Waals surface area contributed by atoms with Crippen molar-refractivity contribution in [2.24, 2.45) is 0 Å².